The maximum absolute atomic E-state index is 9.85. The number of methoxy groups -OCH3 is 1. The van der Waals surface area contributed by atoms with Gasteiger partial charge in [-0.15, -0.1) is 0 Å². The average molecular weight is 296 g/mol. The van der Waals surface area contributed by atoms with Gasteiger partial charge in [0.25, 0.3) is 0 Å². The third kappa shape index (κ3) is 2.39. The van der Waals surface area contributed by atoms with E-state index in [0.29, 0.717) is 29.5 Å². The Balaban J connectivity index is 2.00. The maximum atomic E-state index is 9.85. The first-order chi connectivity index (χ1) is 10.2. The summed E-state index contributed by atoms with van der Waals surface area (Å²) < 4.78 is 12.6. The summed E-state index contributed by atoms with van der Waals surface area (Å²) in [5, 5.41) is 21.9. The standard InChI is InChI=1S/C12H17N5O4/c1-13-11-14-6-4-17(12(20-2)16-10(6)15-11)9-3-7(19)8(5-18)21-9/h4,7-9,18-19H,3,5H2,1-2H3,(H,13,14)/p+1/t7-,8+,9?/m0/s1. The van der Waals surface area contributed by atoms with Gasteiger partial charge in [-0.25, -0.2) is 0 Å². The van der Waals surface area contributed by atoms with E-state index in [1.54, 1.807) is 17.8 Å². The Labute approximate surface area is 120 Å². The molecule has 3 rings (SSSR count). The van der Waals surface area contributed by atoms with E-state index in [2.05, 4.69) is 20.3 Å². The van der Waals surface area contributed by atoms with Crippen molar-refractivity contribution < 1.29 is 24.3 Å². The second-order valence-corrected chi connectivity index (χ2v) is 4.82. The molecule has 1 aliphatic rings. The van der Waals surface area contributed by atoms with Gasteiger partial charge in [0.15, 0.2) is 5.52 Å². The van der Waals surface area contributed by atoms with Crippen LogP contribution in [-0.4, -0.2) is 58.1 Å². The van der Waals surface area contributed by atoms with Crippen molar-refractivity contribution in [2.45, 2.75) is 24.9 Å². The van der Waals surface area contributed by atoms with Crippen molar-refractivity contribution >= 4 is 17.1 Å². The van der Waals surface area contributed by atoms with Crippen molar-refractivity contribution in [3.8, 4) is 6.01 Å². The summed E-state index contributed by atoms with van der Waals surface area (Å²) in [6.45, 7) is -0.232. The quantitative estimate of drug-likeness (QED) is 0.531. The first kappa shape index (κ1) is 14.0. The Morgan fingerprint density at radius 3 is 3.00 bits per heavy atom. The highest BCUT2D eigenvalue weighted by Crippen LogP contribution is 2.26. The van der Waals surface area contributed by atoms with E-state index in [4.69, 9.17) is 14.6 Å². The fraction of sp³-hybridized carbons (Fsp3) is 0.583. The number of nitrogens with zero attached hydrogens (tertiary/aromatic N) is 3. The van der Waals surface area contributed by atoms with Gasteiger partial charge in [-0.2, -0.15) is 9.55 Å². The van der Waals surface area contributed by atoms with E-state index in [1.165, 1.54) is 7.11 Å². The predicted octanol–water partition coefficient (Wildman–Crippen LogP) is -1.06. The fourth-order valence-electron chi connectivity index (χ4n) is 2.42. The van der Waals surface area contributed by atoms with Crippen LogP contribution in [0.3, 0.4) is 0 Å². The lowest BCUT2D eigenvalue weighted by Gasteiger charge is -2.11. The molecule has 0 bridgehead atoms. The molecule has 0 radical (unpaired) electrons. The highest BCUT2D eigenvalue weighted by atomic mass is 16.5. The predicted molar refractivity (Wildman–Crippen MR) is 71.8 cm³/mol. The zero-order chi connectivity index (χ0) is 15.0. The fourth-order valence-corrected chi connectivity index (χ4v) is 2.42. The van der Waals surface area contributed by atoms with Gasteiger partial charge in [-0.1, -0.05) is 0 Å². The largest absolute Gasteiger partial charge is 0.502 e. The summed E-state index contributed by atoms with van der Waals surface area (Å²) in [7, 11) is 3.26. The number of nitrogens with one attached hydrogen (secondary N) is 2. The SMILES string of the molecule is CNc1nc2nc(OC)[n+](C3C[C@H](O)[C@@H](CO)O3)cc2[nH]1. The van der Waals surface area contributed by atoms with Crippen molar-refractivity contribution in [1.82, 2.24) is 15.0 Å². The van der Waals surface area contributed by atoms with Crippen LogP contribution >= 0.6 is 0 Å². The third-order valence-electron chi connectivity index (χ3n) is 3.52. The maximum Gasteiger partial charge on any atom is 0.502 e. The van der Waals surface area contributed by atoms with Gasteiger partial charge < -0.3 is 30.0 Å². The Morgan fingerprint density at radius 2 is 2.38 bits per heavy atom. The van der Waals surface area contributed by atoms with Gasteiger partial charge in [0.2, 0.25) is 12.2 Å². The van der Waals surface area contributed by atoms with E-state index >= 15 is 0 Å². The Morgan fingerprint density at radius 1 is 1.57 bits per heavy atom. The topological polar surface area (TPSA) is 116 Å². The summed E-state index contributed by atoms with van der Waals surface area (Å²) in [5.41, 5.74) is 1.23. The summed E-state index contributed by atoms with van der Waals surface area (Å²) in [5.74, 6) is 0.595. The number of aromatic nitrogens is 4. The highest BCUT2D eigenvalue weighted by molar-refractivity contribution is 5.71. The van der Waals surface area contributed by atoms with Crippen molar-refractivity contribution in [2.75, 3.05) is 26.1 Å². The van der Waals surface area contributed by atoms with E-state index in [0.717, 1.165) is 0 Å². The molecule has 9 nitrogen and oxygen atoms in total. The molecule has 0 aromatic carbocycles. The van der Waals surface area contributed by atoms with Crippen LogP contribution in [0.1, 0.15) is 12.6 Å². The van der Waals surface area contributed by atoms with Crippen molar-refractivity contribution in [3.63, 3.8) is 0 Å². The van der Waals surface area contributed by atoms with E-state index in [9.17, 15) is 5.11 Å². The molecule has 0 spiro atoms. The van der Waals surface area contributed by atoms with Gasteiger partial charge in [-0.05, 0) is 0 Å². The molecule has 2 aromatic heterocycles. The molecule has 1 unspecified atom stereocenters. The number of rotatable bonds is 4. The van der Waals surface area contributed by atoms with E-state index in [1.807, 2.05) is 0 Å². The lowest BCUT2D eigenvalue weighted by molar-refractivity contribution is -0.763. The number of aliphatic hydroxyl groups is 2. The number of hydrogen-bond acceptors (Lipinski definition) is 7. The summed E-state index contributed by atoms with van der Waals surface area (Å²) in [4.78, 5) is 11.6. The Hall–Kier alpha value is -1.97. The van der Waals surface area contributed by atoms with Gasteiger partial charge in [0.1, 0.15) is 12.3 Å². The molecule has 0 aliphatic carbocycles. The molecular weight excluding hydrogens is 278 g/mol. The molecule has 9 heteroatoms. The minimum atomic E-state index is -0.720. The number of H-pyrrole nitrogens is 1. The molecule has 1 aliphatic heterocycles. The number of anilines is 1. The summed E-state index contributed by atoms with van der Waals surface area (Å²) >= 11 is 0. The molecule has 1 fully saturated rings. The molecule has 21 heavy (non-hydrogen) atoms. The van der Waals surface area contributed by atoms with E-state index < -0.39 is 18.4 Å². The van der Waals surface area contributed by atoms with Gasteiger partial charge >= 0.3 is 11.7 Å². The average Bonchev–Trinajstić information content (AvgIpc) is 3.07. The minimum Gasteiger partial charge on any atom is -0.431 e. The molecule has 1 saturated heterocycles. The second-order valence-electron chi connectivity index (χ2n) is 4.82. The van der Waals surface area contributed by atoms with Crippen LogP contribution in [0.5, 0.6) is 6.01 Å². The molecule has 0 amide bonds. The van der Waals surface area contributed by atoms with Crippen LogP contribution < -0.4 is 14.6 Å². The van der Waals surface area contributed by atoms with Crippen molar-refractivity contribution in [1.29, 1.82) is 0 Å². The molecule has 2 aromatic rings. The number of imidazole rings is 1. The van der Waals surface area contributed by atoms with Gasteiger partial charge in [0.05, 0.1) is 19.8 Å². The number of aliphatic hydroxyl groups excluding tert-OH is 2. The number of ether oxygens (including phenoxy) is 2. The lowest BCUT2D eigenvalue weighted by Crippen LogP contribution is -2.41. The molecule has 3 atom stereocenters. The molecule has 3 heterocycles. The zero-order valence-electron chi connectivity index (χ0n) is 11.8. The monoisotopic (exact) mass is 296 g/mol. The smallest absolute Gasteiger partial charge is 0.431 e. The van der Waals surface area contributed by atoms with Crippen molar-refractivity contribution in [3.05, 3.63) is 6.20 Å². The molecule has 114 valence electrons. The highest BCUT2D eigenvalue weighted by Gasteiger charge is 2.39. The van der Waals surface area contributed by atoms with Crippen LogP contribution in [0.4, 0.5) is 5.95 Å². The Bertz CT molecular complexity index is 646. The molecular formula is C12H18N5O4+. The summed E-state index contributed by atoms with van der Waals surface area (Å²) in [6.07, 6.45) is 0.351. The number of fused-ring (bicyclic) bond motifs is 1. The first-order valence-electron chi connectivity index (χ1n) is 6.64. The van der Waals surface area contributed by atoms with Crippen LogP contribution in [0.15, 0.2) is 6.20 Å². The van der Waals surface area contributed by atoms with Crippen LogP contribution in [0, 0.1) is 0 Å². The zero-order valence-corrected chi connectivity index (χ0v) is 11.8. The lowest BCUT2D eigenvalue weighted by atomic mass is 10.2. The number of aromatic amines is 1. The van der Waals surface area contributed by atoms with Crippen LogP contribution in [0.25, 0.3) is 11.2 Å². The van der Waals surface area contributed by atoms with Crippen LogP contribution in [0.2, 0.25) is 0 Å². The second kappa shape index (κ2) is 5.43. The minimum absolute atomic E-state index is 0.232. The first-order valence-corrected chi connectivity index (χ1v) is 6.64. The van der Waals surface area contributed by atoms with E-state index in [-0.39, 0.29) is 6.61 Å². The molecule has 4 N–H and O–H groups in total. The van der Waals surface area contributed by atoms with Crippen LogP contribution in [-0.2, 0) is 4.74 Å². The normalized spacial score (nSPS) is 25.4. The van der Waals surface area contributed by atoms with Gasteiger partial charge in [0, 0.05) is 18.5 Å². The third-order valence-corrected chi connectivity index (χ3v) is 3.52. The number of hydrogen-bond donors (Lipinski definition) is 4. The summed E-state index contributed by atoms with van der Waals surface area (Å²) in [6, 6.07) is 0.326. The van der Waals surface area contributed by atoms with Crippen molar-refractivity contribution in [2.24, 2.45) is 0 Å². The Kier molecular flexibility index (Phi) is 3.62. The molecule has 0 saturated carbocycles. The van der Waals surface area contributed by atoms with Gasteiger partial charge in [-0.3, -0.25) is 0 Å².